The second-order valence-electron chi connectivity index (χ2n) is 6.87. The summed E-state index contributed by atoms with van der Waals surface area (Å²) in [6.07, 6.45) is -1.55. The Morgan fingerprint density at radius 2 is 1.70 bits per heavy atom. The molecule has 2 heterocycles. The summed E-state index contributed by atoms with van der Waals surface area (Å²) < 4.78 is 40.7. The summed E-state index contributed by atoms with van der Waals surface area (Å²) in [5, 5.41) is 12.1. The van der Waals surface area contributed by atoms with Gasteiger partial charge >= 0.3 is 12.2 Å². The number of benzene rings is 2. The number of amides is 2. The van der Waals surface area contributed by atoms with Crippen molar-refractivity contribution in [2.75, 3.05) is 10.6 Å². The van der Waals surface area contributed by atoms with Crippen LogP contribution >= 0.6 is 11.6 Å². The number of rotatable bonds is 4. The van der Waals surface area contributed by atoms with E-state index >= 15 is 0 Å². The molecule has 4 rings (SSSR count). The van der Waals surface area contributed by atoms with E-state index in [4.69, 9.17) is 22.7 Å². The zero-order chi connectivity index (χ0) is 23.8. The average Bonchev–Trinajstić information content (AvgIpc) is 3.19. The van der Waals surface area contributed by atoms with Gasteiger partial charge in [0.15, 0.2) is 0 Å². The highest BCUT2D eigenvalue weighted by Gasteiger charge is 2.33. The molecule has 0 spiro atoms. The zero-order valence-electron chi connectivity index (χ0n) is 16.6. The molecule has 4 aromatic rings. The van der Waals surface area contributed by atoms with Gasteiger partial charge in [-0.2, -0.15) is 13.2 Å². The molecular formula is C21H15ClF3N7O. The van der Waals surface area contributed by atoms with E-state index in [0.717, 1.165) is 17.8 Å². The molecule has 33 heavy (non-hydrogen) atoms. The van der Waals surface area contributed by atoms with Gasteiger partial charge in [0.05, 0.1) is 16.1 Å². The lowest BCUT2D eigenvalue weighted by molar-refractivity contribution is -0.137. The van der Waals surface area contributed by atoms with E-state index in [1.54, 1.807) is 41.2 Å². The Morgan fingerprint density at radius 1 is 1.03 bits per heavy atom. The minimum absolute atomic E-state index is 0.0550. The molecule has 0 bridgehead atoms. The maximum atomic E-state index is 13.0. The number of alkyl halides is 3. The summed E-state index contributed by atoms with van der Waals surface area (Å²) in [5.74, 6) is -0.195. The Balaban J connectivity index is 1.50. The summed E-state index contributed by atoms with van der Waals surface area (Å²) in [4.78, 5) is 20.6. The number of nitrogens with one attached hydrogen (secondary N) is 3. The van der Waals surface area contributed by atoms with Crippen LogP contribution in [0.25, 0.3) is 16.7 Å². The van der Waals surface area contributed by atoms with Crippen LogP contribution in [0, 0.1) is 5.41 Å². The maximum absolute atomic E-state index is 13.0. The molecule has 168 valence electrons. The lowest BCUT2D eigenvalue weighted by Crippen LogP contribution is -2.20. The number of halogens is 4. The first-order valence-corrected chi connectivity index (χ1v) is 9.73. The highest BCUT2D eigenvalue weighted by atomic mass is 35.5. The van der Waals surface area contributed by atoms with Gasteiger partial charge in [-0.3, -0.25) is 15.0 Å². The molecule has 0 unspecified atom stereocenters. The van der Waals surface area contributed by atoms with Crippen molar-refractivity contribution in [3.05, 3.63) is 77.3 Å². The van der Waals surface area contributed by atoms with E-state index in [0.29, 0.717) is 16.7 Å². The van der Waals surface area contributed by atoms with Crippen molar-refractivity contribution in [1.82, 2.24) is 14.5 Å². The Bertz CT molecular complexity index is 1370. The first-order valence-electron chi connectivity index (χ1n) is 9.35. The van der Waals surface area contributed by atoms with Gasteiger partial charge in [0.25, 0.3) is 0 Å². The number of hydrogen-bond donors (Lipinski definition) is 4. The monoisotopic (exact) mass is 473 g/mol. The van der Waals surface area contributed by atoms with Gasteiger partial charge in [0.2, 0.25) is 0 Å². The zero-order valence-corrected chi connectivity index (χ0v) is 17.4. The van der Waals surface area contributed by atoms with Crippen molar-refractivity contribution in [3.8, 4) is 5.69 Å². The smallest absolute Gasteiger partial charge is 0.382 e. The highest BCUT2D eigenvalue weighted by Crippen LogP contribution is 2.36. The number of nitrogens with two attached hydrogens (primary N) is 1. The molecule has 0 fully saturated rings. The molecule has 0 saturated carbocycles. The molecule has 2 amide bonds. The number of urea groups is 1. The topological polar surface area (TPSA) is 122 Å². The van der Waals surface area contributed by atoms with Crippen molar-refractivity contribution < 1.29 is 18.0 Å². The van der Waals surface area contributed by atoms with E-state index in [-0.39, 0.29) is 17.2 Å². The van der Waals surface area contributed by atoms with Crippen LogP contribution in [0.5, 0.6) is 0 Å². The SMILES string of the molecule is N=C(N)c1nccc2c1ncn2-c1ccc(NC(=O)Nc2ccc(Cl)c(C(F)(F)F)c2)cc1. The number of fused-ring (bicyclic) bond motifs is 1. The van der Waals surface area contributed by atoms with Gasteiger partial charge in [-0.05, 0) is 48.5 Å². The molecule has 5 N–H and O–H groups in total. The molecule has 2 aromatic carbocycles. The predicted molar refractivity (Wildman–Crippen MR) is 119 cm³/mol. The quantitative estimate of drug-likeness (QED) is 0.245. The number of nitrogens with zero attached hydrogens (tertiary/aromatic N) is 3. The Morgan fingerprint density at radius 3 is 2.36 bits per heavy atom. The lowest BCUT2D eigenvalue weighted by Gasteiger charge is -2.12. The Hall–Kier alpha value is -4.12. The standard InChI is InChI=1S/C21H15ClF3N7O/c22-15-6-3-12(9-14(15)21(23,24)25)31-20(33)30-11-1-4-13(5-2-11)32-10-29-17-16(32)7-8-28-18(17)19(26)27/h1-10H,(H3,26,27)(H2,30,31,33). The maximum Gasteiger partial charge on any atom is 0.417 e. The number of amidine groups is 1. The molecule has 0 aliphatic rings. The van der Waals surface area contributed by atoms with Crippen molar-refractivity contribution in [2.45, 2.75) is 6.18 Å². The van der Waals surface area contributed by atoms with Crippen LogP contribution < -0.4 is 16.4 Å². The number of anilines is 2. The molecule has 0 atom stereocenters. The van der Waals surface area contributed by atoms with Crippen LogP contribution in [-0.4, -0.2) is 26.4 Å². The number of imidazole rings is 1. The van der Waals surface area contributed by atoms with Crippen LogP contribution in [0.2, 0.25) is 5.02 Å². The van der Waals surface area contributed by atoms with Gasteiger partial charge < -0.3 is 16.4 Å². The van der Waals surface area contributed by atoms with Crippen LogP contribution in [0.3, 0.4) is 0 Å². The van der Waals surface area contributed by atoms with Gasteiger partial charge in [-0.15, -0.1) is 0 Å². The largest absolute Gasteiger partial charge is 0.417 e. The normalized spacial score (nSPS) is 11.4. The summed E-state index contributed by atoms with van der Waals surface area (Å²) in [6, 6.07) is 10.8. The number of carbonyl (C=O) groups excluding carboxylic acids is 1. The van der Waals surface area contributed by atoms with Crippen molar-refractivity contribution in [2.24, 2.45) is 5.73 Å². The van der Waals surface area contributed by atoms with E-state index < -0.39 is 22.8 Å². The Kier molecular flexibility index (Phi) is 5.64. The molecule has 0 aliphatic heterocycles. The molecular weight excluding hydrogens is 459 g/mol. The molecule has 0 saturated heterocycles. The van der Waals surface area contributed by atoms with E-state index in [1.165, 1.54) is 12.3 Å². The molecule has 0 aliphatic carbocycles. The van der Waals surface area contributed by atoms with Gasteiger partial charge in [0, 0.05) is 23.3 Å². The molecule has 2 aromatic heterocycles. The second kappa shape index (κ2) is 8.43. The lowest BCUT2D eigenvalue weighted by atomic mass is 10.2. The summed E-state index contributed by atoms with van der Waals surface area (Å²) in [5.41, 5.74) is 7.03. The third-order valence-electron chi connectivity index (χ3n) is 4.65. The summed E-state index contributed by atoms with van der Waals surface area (Å²) >= 11 is 5.59. The fourth-order valence-corrected chi connectivity index (χ4v) is 3.39. The third kappa shape index (κ3) is 4.58. The third-order valence-corrected chi connectivity index (χ3v) is 4.98. The number of nitrogen functional groups attached to an aromatic ring is 1. The van der Waals surface area contributed by atoms with Crippen LogP contribution in [-0.2, 0) is 6.18 Å². The van der Waals surface area contributed by atoms with E-state index in [1.807, 2.05) is 0 Å². The van der Waals surface area contributed by atoms with Gasteiger partial charge in [0.1, 0.15) is 23.4 Å². The van der Waals surface area contributed by atoms with E-state index in [9.17, 15) is 18.0 Å². The fraction of sp³-hybridized carbons (Fsp3) is 0.0476. The molecule has 12 heteroatoms. The fourth-order valence-electron chi connectivity index (χ4n) is 3.17. The van der Waals surface area contributed by atoms with Crippen LogP contribution in [0.15, 0.2) is 61.1 Å². The van der Waals surface area contributed by atoms with Crippen molar-refractivity contribution in [3.63, 3.8) is 0 Å². The van der Waals surface area contributed by atoms with Gasteiger partial charge in [-0.25, -0.2) is 9.78 Å². The first kappa shape index (κ1) is 22.1. The van der Waals surface area contributed by atoms with Crippen LogP contribution in [0.1, 0.15) is 11.3 Å². The molecule has 0 radical (unpaired) electrons. The minimum Gasteiger partial charge on any atom is -0.382 e. The van der Waals surface area contributed by atoms with Crippen molar-refractivity contribution >= 4 is 45.9 Å². The predicted octanol–water partition coefficient (Wildman–Crippen LogP) is 5.02. The highest BCUT2D eigenvalue weighted by molar-refractivity contribution is 6.31. The molecule has 8 nitrogen and oxygen atoms in total. The summed E-state index contributed by atoms with van der Waals surface area (Å²) in [7, 11) is 0. The number of hydrogen-bond acceptors (Lipinski definition) is 4. The second-order valence-corrected chi connectivity index (χ2v) is 7.28. The minimum atomic E-state index is -4.64. The van der Waals surface area contributed by atoms with E-state index in [2.05, 4.69) is 20.6 Å². The van der Waals surface area contributed by atoms with Crippen molar-refractivity contribution in [1.29, 1.82) is 5.41 Å². The van der Waals surface area contributed by atoms with Crippen LogP contribution in [0.4, 0.5) is 29.3 Å². The Labute approximate surface area is 189 Å². The van der Waals surface area contributed by atoms with Gasteiger partial charge in [-0.1, -0.05) is 11.6 Å². The average molecular weight is 474 g/mol. The number of pyridine rings is 1. The number of carbonyl (C=O) groups is 1. The first-order chi connectivity index (χ1) is 15.6. The summed E-state index contributed by atoms with van der Waals surface area (Å²) in [6.45, 7) is 0. The number of aromatic nitrogens is 3.